The second kappa shape index (κ2) is 3.59. The van der Waals surface area contributed by atoms with Gasteiger partial charge in [-0.15, -0.1) is 0 Å². The number of carbonyl (C=O) groups is 2. The molecule has 4 heteroatoms. The van der Waals surface area contributed by atoms with Crippen molar-refractivity contribution in [2.45, 2.75) is 38.6 Å². The van der Waals surface area contributed by atoms with Crippen molar-refractivity contribution in [3.05, 3.63) is 0 Å². The number of amides is 3. The molecule has 1 heterocycles. The molecule has 0 radical (unpaired) electrons. The number of rotatable bonds is 4. The first-order chi connectivity index (χ1) is 6.72. The summed E-state index contributed by atoms with van der Waals surface area (Å²) < 4.78 is 0. The third kappa shape index (κ3) is 1.74. The number of carbonyl (C=O) groups excluding carboxylic acids is 2. The van der Waals surface area contributed by atoms with Gasteiger partial charge < -0.3 is 5.32 Å². The van der Waals surface area contributed by atoms with Crippen LogP contribution in [-0.4, -0.2) is 29.4 Å². The molecule has 0 aromatic carbocycles. The predicted molar refractivity (Wildman–Crippen MR) is 51.7 cm³/mol. The van der Waals surface area contributed by atoms with Gasteiger partial charge in [0.15, 0.2) is 0 Å². The highest BCUT2D eigenvalue weighted by atomic mass is 16.2. The molecule has 1 saturated carbocycles. The summed E-state index contributed by atoms with van der Waals surface area (Å²) in [5.74, 6) is 0.684. The molecule has 14 heavy (non-hydrogen) atoms. The first-order valence-electron chi connectivity index (χ1n) is 5.32. The van der Waals surface area contributed by atoms with Crippen LogP contribution in [0, 0.1) is 5.92 Å². The van der Waals surface area contributed by atoms with Crippen LogP contribution < -0.4 is 5.32 Å². The summed E-state index contributed by atoms with van der Waals surface area (Å²) in [4.78, 5) is 24.2. The fraction of sp³-hybridized carbons (Fsp3) is 0.800. The van der Waals surface area contributed by atoms with Crippen molar-refractivity contribution >= 4 is 11.9 Å². The lowest BCUT2D eigenvalue weighted by Gasteiger charge is -2.23. The van der Waals surface area contributed by atoms with Crippen LogP contribution in [0.3, 0.4) is 0 Å². The van der Waals surface area contributed by atoms with E-state index in [0.29, 0.717) is 0 Å². The number of hydrogen-bond donors (Lipinski definition) is 1. The molecule has 2 aliphatic rings. The Kier molecular flexibility index (Phi) is 2.44. The lowest BCUT2D eigenvalue weighted by Crippen LogP contribution is -2.40. The van der Waals surface area contributed by atoms with Crippen LogP contribution in [0.5, 0.6) is 0 Å². The molecule has 2 fully saturated rings. The molecule has 1 saturated heterocycles. The maximum absolute atomic E-state index is 11.4. The van der Waals surface area contributed by atoms with Crippen LogP contribution in [0.4, 0.5) is 4.79 Å². The van der Waals surface area contributed by atoms with Gasteiger partial charge in [-0.3, -0.25) is 9.69 Å². The normalized spacial score (nSPS) is 23.9. The lowest BCUT2D eigenvalue weighted by atomic mass is 10.1. The monoisotopic (exact) mass is 196 g/mol. The molecule has 3 amide bonds. The summed E-state index contributed by atoms with van der Waals surface area (Å²) in [6.07, 6.45) is 4.39. The summed E-state index contributed by atoms with van der Waals surface area (Å²) in [6.45, 7) is 2.21. The van der Waals surface area contributed by atoms with E-state index in [1.54, 1.807) is 0 Å². The molecule has 2 rings (SSSR count). The largest absolute Gasteiger partial charge is 0.329 e. The Morgan fingerprint density at radius 1 is 1.50 bits per heavy atom. The van der Waals surface area contributed by atoms with Gasteiger partial charge in [0.1, 0.15) is 0 Å². The Hall–Kier alpha value is -1.06. The number of urea groups is 1. The van der Waals surface area contributed by atoms with E-state index in [1.165, 1.54) is 17.7 Å². The molecular weight excluding hydrogens is 180 g/mol. The SMILES string of the molecule is CCC(CC1CC1)N1C(=O)CNC1=O. The van der Waals surface area contributed by atoms with Crippen LogP contribution >= 0.6 is 0 Å². The van der Waals surface area contributed by atoms with Crippen molar-refractivity contribution in [2.75, 3.05) is 6.54 Å². The van der Waals surface area contributed by atoms with Crippen molar-refractivity contribution in [1.29, 1.82) is 0 Å². The van der Waals surface area contributed by atoms with Crippen LogP contribution in [0.1, 0.15) is 32.6 Å². The maximum Gasteiger partial charge on any atom is 0.324 e. The van der Waals surface area contributed by atoms with E-state index in [4.69, 9.17) is 0 Å². The van der Waals surface area contributed by atoms with Gasteiger partial charge in [-0.1, -0.05) is 19.8 Å². The minimum atomic E-state index is -0.206. The quantitative estimate of drug-likeness (QED) is 0.685. The fourth-order valence-electron chi connectivity index (χ4n) is 2.00. The van der Waals surface area contributed by atoms with Crippen LogP contribution in [0.25, 0.3) is 0 Å². The Labute approximate surface area is 83.6 Å². The van der Waals surface area contributed by atoms with E-state index in [-0.39, 0.29) is 24.5 Å². The Morgan fingerprint density at radius 2 is 2.21 bits per heavy atom. The zero-order valence-electron chi connectivity index (χ0n) is 8.45. The van der Waals surface area contributed by atoms with Gasteiger partial charge in [-0.05, 0) is 18.8 Å². The second-order valence-electron chi connectivity index (χ2n) is 4.16. The number of hydrogen-bond acceptors (Lipinski definition) is 2. The zero-order valence-corrected chi connectivity index (χ0v) is 8.45. The molecule has 0 spiro atoms. The molecule has 0 aromatic rings. The molecule has 1 unspecified atom stereocenters. The van der Waals surface area contributed by atoms with Gasteiger partial charge >= 0.3 is 6.03 Å². The lowest BCUT2D eigenvalue weighted by molar-refractivity contribution is -0.126. The third-order valence-corrected chi connectivity index (χ3v) is 3.02. The van der Waals surface area contributed by atoms with E-state index in [0.717, 1.165) is 18.8 Å². The van der Waals surface area contributed by atoms with E-state index in [1.807, 2.05) is 6.92 Å². The molecule has 1 aliphatic carbocycles. The van der Waals surface area contributed by atoms with Crippen molar-refractivity contribution in [3.8, 4) is 0 Å². The van der Waals surface area contributed by atoms with Crippen molar-refractivity contribution in [1.82, 2.24) is 10.2 Å². The number of nitrogens with one attached hydrogen (secondary N) is 1. The average molecular weight is 196 g/mol. The highest BCUT2D eigenvalue weighted by Crippen LogP contribution is 2.35. The predicted octanol–water partition coefficient (Wildman–Crippen LogP) is 1.12. The summed E-state index contributed by atoms with van der Waals surface area (Å²) in [5, 5.41) is 2.57. The summed E-state index contributed by atoms with van der Waals surface area (Å²) in [7, 11) is 0. The van der Waals surface area contributed by atoms with Crippen molar-refractivity contribution in [2.24, 2.45) is 5.92 Å². The zero-order chi connectivity index (χ0) is 10.1. The smallest absolute Gasteiger partial charge is 0.324 e. The third-order valence-electron chi connectivity index (χ3n) is 3.02. The molecular formula is C10H16N2O2. The van der Waals surface area contributed by atoms with E-state index < -0.39 is 0 Å². The van der Waals surface area contributed by atoms with E-state index >= 15 is 0 Å². The summed E-state index contributed by atoms with van der Waals surface area (Å²) in [5.41, 5.74) is 0. The van der Waals surface area contributed by atoms with Gasteiger partial charge in [0.2, 0.25) is 5.91 Å². The highest BCUT2D eigenvalue weighted by molar-refractivity contribution is 6.02. The van der Waals surface area contributed by atoms with Gasteiger partial charge in [0.25, 0.3) is 0 Å². The van der Waals surface area contributed by atoms with Crippen molar-refractivity contribution in [3.63, 3.8) is 0 Å². The van der Waals surface area contributed by atoms with Gasteiger partial charge in [-0.25, -0.2) is 4.79 Å². The van der Waals surface area contributed by atoms with E-state index in [2.05, 4.69) is 5.32 Å². The van der Waals surface area contributed by atoms with E-state index in [9.17, 15) is 9.59 Å². The minimum absolute atomic E-state index is 0.0671. The minimum Gasteiger partial charge on any atom is -0.329 e. The maximum atomic E-state index is 11.4. The standard InChI is InChI=1S/C10H16N2O2/c1-2-8(5-7-3-4-7)12-9(13)6-11-10(12)14/h7-8H,2-6H2,1H3,(H,11,14). The molecule has 78 valence electrons. The van der Waals surface area contributed by atoms with Gasteiger partial charge in [0.05, 0.1) is 6.54 Å². The first-order valence-corrected chi connectivity index (χ1v) is 5.32. The Balaban J connectivity index is 2.00. The summed E-state index contributed by atoms with van der Waals surface area (Å²) >= 11 is 0. The molecule has 1 atom stereocenters. The molecule has 0 bridgehead atoms. The van der Waals surface area contributed by atoms with Gasteiger partial charge in [-0.2, -0.15) is 0 Å². The van der Waals surface area contributed by atoms with Crippen LogP contribution in [0.2, 0.25) is 0 Å². The average Bonchev–Trinajstić information content (AvgIpc) is 2.92. The molecule has 4 nitrogen and oxygen atoms in total. The fourth-order valence-corrected chi connectivity index (χ4v) is 2.00. The molecule has 1 aliphatic heterocycles. The number of imide groups is 1. The highest BCUT2D eigenvalue weighted by Gasteiger charge is 2.36. The van der Waals surface area contributed by atoms with Gasteiger partial charge in [0, 0.05) is 6.04 Å². The van der Waals surface area contributed by atoms with Crippen molar-refractivity contribution < 1.29 is 9.59 Å². The summed E-state index contributed by atoms with van der Waals surface area (Å²) in [6, 6.07) is -0.0833. The molecule has 0 aromatic heterocycles. The molecule has 1 N–H and O–H groups in total. The topological polar surface area (TPSA) is 49.4 Å². The number of nitrogens with zero attached hydrogens (tertiary/aromatic N) is 1. The second-order valence-corrected chi connectivity index (χ2v) is 4.16. The first kappa shape index (κ1) is 9.49. The van der Waals surface area contributed by atoms with Crippen LogP contribution in [0.15, 0.2) is 0 Å². The van der Waals surface area contributed by atoms with Crippen LogP contribution in [-0.2, 0) is 4.79 Å². The Morgan fingerprint density at radius 3 is 2.64 bits per heavy atom. The Bertz CT molecular complexity index is 245.